The zero-order valence-electron chi connectivity index (χ0n) is 17.6. The standard InChI is InChI=1S/C24H34N2O3/c1-17-15-21-16-18(9-12-25-13-10-20(11-14-25)24(28)29)7-8-22(21)26(17)23(27)19-5-3-2-4-6-19/h7-8,16-17,19-20H,2-6,9-15H2,1H3,(H,28,29). The summed E-state index contributed by atoms with van der Waals surface area (Å²) in [5.41, 5.74) is 3.76. The van der Waals surface area contributed by atoms with E-state index >= 15 is 0 Å². The van der Waals surface area contributed by atoms with Crippen molar-refractivity contribution in [3.8, 4) is 0 Å². The molecule has 2 aliphatic heterocycles. The number of carboxylic acid groups (broad SMARTS) is 1. The van der Waals surface area contributed by atoms with Gasteiger partial charge in [0.15, 0.2) is 0 Å². The molecule has 4 rings (SSSR count). The molecule has 29 heavy (non-hydrogen) atoms. The molecule has 3 aliphatic rings. The summed E-state index contributed by atoms with van der Waals surface area (Å²) >= 11 is 0. The van der Waals surface area contributed by atoms with Crippen LogP contribution >= 0.6 is 0 Å². The smallest absolute Gasteiger partial charge is 0.306 e. The van der Waals surface area contributed by atoms with E-state index < -0.39 is 5.97 Å². The Morgan fingerprint density at radius 3 is 2.45 bits per heavy atom. The Kier molecular flexibility index (Phi) is 6.23. The zero-order valence-corrected chi connectivity index (χ0v) is 17.6. The summed E-state index contributed by atoms with van der Waals surface area (Å²) in [6.45, 7) is 4.91. The number of carbonyl (C=O) groups is 2. The van der Waals surface area contributed by atoms with Crippen molar-refractivity contribution in [1.82, 2.24) is 4.90 Å². The van der Waals surface area contributed by atoms with Crippen molar-refractivity contribution in [2.45, 2.75) is 70.8 Å². The van der Waals surface area contributed by atoms with Crippen molar-refractivity contribution >= 4 is 17.6 Å². The highest BCUT2D eigenvalue weighted by atomic mass is 16.4. The molecule has 0 spiro atoms. The van der Waals surface area contributed by atoms with E-state index in [0.717, 1.165) is 63.8 Å². The first-order valence-electron chi connectivity index (χ1n) is 11.4. The number of amides is 1. The van der Waals surface area contributed by atoms with Crippen LogP contribution in [0.15, 0.2) is 18.2 Å². The fourth-order valence-electron chi connectivity index (χ4n) is 5.41. The van der Waals surface area contributed by atoms with Gasteiger partial charge >= 0.3 is 5.97 Å². The molecular weight excluding hydrogens is 364 g/mol. The summed E-state index contributed by atoms with van der Waals surface area (Å²) in [6, 6.07) is 6.89. The molecule has 0 aromatic heterocycles. The van der Waals surface area contributed by atoms with Crippen molar-refractivity contribution in [1.29, 1.82) is 0 Å². The normalized spacial score (nSPS) is 23.9. The fourth-order valence-corrected chi connectivity index (χ4v) is 5.41. The number of nitrogens with zero attached hydrogens (tertiary/aromatic N) is 2. The fraction of sp³-hybridized carbons (Fsp3) is 0.667. The van der Waals surface area contributed by atoms with Gasteiger partial charge in [-0.2, -0.15) is 0 Å². The maximum Gasteiger partial charge on any atom is 0.306 e. The van der Waals surface area contributed by atoms with Crippen LogP contribution in [0, 0.1) is 11.8 Å². The van der Waals surface area contributed by atoms with Gasteiger partial charge in [0.1, 0.15) is 0 Å². The third-order valence-electron chi connectivity index (χ3n) is 7.20. The molecule has 1 atom stereocenters. The molecule has 2 heterocycles. The number of carbonyl (C=O) groups excluding carboxylic acids is 1. The minimum absolute atomic E-state index is 0.166. The number of carboxylic acids is 1. The Hall–Kier alpha value is -1.88. The zero-order chi connectivity index (χ0) is 20.4. The van der Waals surface area contributed by atoms with E-state index in [1.807, 2.05) is 0 Å². The van der Waals surface area contributed by atoms with Crippen LogP contribution in [0.25, 0.3) is 0 Å². The van der Waals surface area contributed by atoms with E-state index in [0.29, 0.717) is 5.91 Å². The molecule has 2 fully saturated rings. The number of hydrogen-bond donors (Lipinski definition) is 1. The van der Waals surface area contributed by atoms with Gasteiger partial charge in [0.25, 0.3) is 0 Å². The maximum absolute atomic E-state index is 13.1. The second-order valence-electron chi connectivity index (χ2n) is 9.26. The lowest BCUT2D eigenvalue weighted by atomic mass is 9.88. The molecule has 0 radical (unpaired) electrons. The minimum Gasteiger partial charge on any atom is -0.481 e. The number of benzene rings is 1. The Morgan fingerprint density at radius 2 is 1.76 bits per heavy atom. The molecule has 1 amide bonds. The van der Waals surface area contributed by atoms with Crippen molar-refractivity contribution in [2.24, 2.45) is 11.8 Å². The summed E-state index contributed by atoms with van der Waals surface area (Å²) in [5.74, 6) is -0.263. The predicted octanol–water partition coefficient (Wildman–Crippen LogP) is 3.88. The number of aliphatic carboxylic acids is 1. The molecule has 0 bridgehead atoms. The molecule has 1 aliphatic carbocycles. The Bertz CT molecular complexity index is 748. The molecular formula is C24H34N2O3. The average Bonchev–Trinajstić information content (AvgIpc) is 3.07. The highest BCUT2D eigenvalue weighted by Crippen LogP contribution is 2.36. The lowest BCUT2D eigenvalue weighted by Crippen LogP contribution is -2.40. The van der Waals surface area contributed by atoms with Gasteiger partial charge in [-0.3, -0.25) is 9.59 Å². The van der Waals surface area contributed by atoms with Crippen LogP contribution in [0.1, 0.15) is 63.0 Å². The number of piperidine rings is 1. The minimum atomic E-state index is -0.648. The van der Waals surface area contributed by atoms with Crippen LogP contribution in [0.2, 0.25) is 0 Å². The Morgan fingerprint density at radius 1 is 1.03 bits per heavy atom. The van der Waals surface area contributed by atoms with Gasteiger partial charge in [0.2, 0.25) is 5.91 Å². The summed E-state index contributed by atoms with van der Waals surface area (Å²) < 4.78 is 0. The number of anilines is 1. The molecule has 158 valence electrons. The molecule has 5 heteroatoms. The van der Waals surface area contributed by atoms with E-state index in [-0.39, 0.29) is 17.9 Å². The topological polar surface area (TPSA) is 60.9 Å². The van der Waals surface area contributed by atoms with Gasteiger partial charge in [-0.05, 0) is 75.7 Å². The molecule has 1 saturated heterocycles. The van der Waals surface area contributed by atoms with Gasteiger partial charge in [0.05, 0.1) is 5.92 Å². The van der Waals surface area contributed by atoms with E-state index in [9.17, 15) is 9.59 Å². The first-order chi connectivity index (χ1) is 14.0. The molecule has 1 saturated carbocycles. The van der Waals surface area contributed by atoms with E-state index in [4.69, 9.17) is 5.11 Å². The highest BCUT2D eigenvalue weighted by molar-refractivity contribution is 5.97. The third kappa shape index (κ3) is 4.50. The van der Waals surface area contributed by atoms with Crippen LogP contribution in [-0.4, -0.2) is 47.6 Å². The highest BCUT2D eigenvalue weighted by Gasteiger charge is 2.35. The number of fused-ring (bicyclic) bond motifs is 1. The van der Waals surface area contributed by atoms with Crippen molar-refractivity contribution in [3.63, 3.8) is 0 Å². The monoisotopic (exact) mass is 398 g/mol. The summed E-state index contributed by atoms with van der Waals surface area (Å²) in [4.78, 5) is 28.7. The Labute approximate surface area is 174 Å². The molecule has 1 aromatic carbocycles. The van der Waals surface area contributed by atoms with Crippen LogP contribution in [0.3, 0.4) is 0 Å². The number of rotatable bonds is 5. The summed E-state index contributed by atoms with van der Waals surface area (Å²) in [7, 11) is 0. The first-order valence-corrected chi connectivity index (χ1v) is 11.4. The van der Waals surface area contributed by atoms with E-state index in [1.54, 1.807) is 0 Å². The van der Waals surface area contributed by atoms with E-state index in [1.165, 1.54) is 30.4 Å². The van der Waals surface area contributed by atoms with Crippen LogP contribution in [0.4, 0.5) is 5.69 Å². The molecule has 1 aromatic rings. The first kappa shape index (κ1) is 20.4. The Balaban J connectivity index is 1.36. The van der Waals surface area contributed by atoms with Gasteiger partial charge in [-0.25, -0.2) is 0 Å². The SMILES string of the molecule is CC1Cc2cc(CCN3CCC(C(=O)O)CC3)ccc2N1C(=O)C1CCCCC1. The number of hydrogen-bond acceptors (Lipinski definition) is 3. The van der Waals surface area contributed by atoms with Crippen LogP contribution < -0.4 is 4.90 Å². The lowest BCUT2D eigenvalue weighted by molar-refractivity contribution is -0.143. The second kappa shape index (κ2) is 8.86. The van der Waals surface area contributed by atoms with Gasteiger partial charge in [0, 0.05) is 24.2 Å². The van der Waals surface area contributed by atoms with Gasteiger partial charge in [-0.1, -0.05) is 31.4 Å². The van der Waals surface area contributed by atoms with Crippen molar-refractivity contribution < 1.29 is 14.7 Å². The lowest BCUT2D eigenvalue weighted by Gasteiger charge is -2.30. The number of likely N-dealkylation sites (tertiary alicyclic amines) is 1. The van der Waals surface area contributed by atoms with E-state index in [2.05, 4.69) is 34.9 Å². The molecule has 1 unspecified atom stereocenters. The van der Waals surface area contributed by atoms with Gasteiger partial charge in [-0.15, -0.1) is 0 Å². The van der Waals surface area contributed by atoms with Gasteiger partial charge < -0.3 is 14.9 Å². The second-order valence-corrected chi connectivity index (χ2v) is 9.26. The van der Waals surface area contributed by atoms with Crippen molar-refractivity contribution in [3.05, 3.63) is 29.3 Å². The quantitative estimate of drug-likeness (QED) is 0.818. The van der Waals surface area contributed by atoms with Crippen LogP contribution in [-0.2, 0) is 22.4 Å². The van der Waals surface area contributed by atoms with Crippen molar-refractivity contribution in [2.75, 3.05) is 24.5 Å². The predicted molar refractivity (Wildman–Crippen MR) is 114 cm³/mol. The maximum atomic E-state index is 13.1. The average molecular weight is 399 g/mol. The molecule has 5 nitrogen and oxygen atoms in total. The van der Waals surface area contributed by atoms with Crippen LogP contribution in [0.5, 0.6) is 0 Å². The third-order valence-corrected chi connectivity index (χ3v) is 7.20. The summed E-state index contributed by atoms with van der Waals surface area (Å²) in [5, 5.41) is 9.14. The largest absolute Gasteiger partial charge is 0.481 e. The molecule has 1 N–H and O–H groups in total. The summed E-state index contributed by atoms with van der Waals surface area (Å²) in [6.07, 6.45) is 9.20.